The minimum Gasteiger partial charge on any atom is -0.294 e. The Labute approximate surface area is 90.4 Å². The van der Waals surface area contributed by atoms with Crippen LogP contribution < -0.4 is 0 Å². The molecule has 0 saturated heterocycles. The van der Waals surface area contributed by atoms with Crippen LogP contribution in [0.25, 0.3) is 0 Å². The van der Waals surface area contributed by atoms with Gasteiger partial charge >= 0.3 is 0 Å². The molecule has 0 aliphatic heterocycles. The molecule has 1 rings (SSSR count). The second-order valence-electron chi connectivity index (χ2n) is 2.39. The van der Waals surface area contributed by atoms with Crippen molar-refractivity contribution >= 4 is 33.5 Å². The Morgan fingerprint density at radius 2 is 2.23 bits per heavy atom. The van der Waals surface area contributed by atoms with Crippen molar-refractivity contribution < 1.29 is 4.79 Å². The number of ketones is 1. The molecule has 1 nitrogen and oxygen atoms in total. The summed E-state index contributed by atoms with van der Waals surface area (Å²) in [7, 11) is 0. The smallest absolute Gasteiger partial charge is 0.165 e. The molecule has 0 aliphatic rings. The first-order valence-electron chi connectivity index (χ1n) is 3.76. The van der Waals surface area contributed by atoms with E-state index in [0.717, 1.165) is 9.37 Å². The molecular weight excluding hydrogens is 248 g/mol. The Morgan fingerprint density at radius 3 is 2.85 bits per heavy atom. The number of hydrogen-bond donors (Lipinski definition) is 0. The predicted octanol–water partition coefficient (Wildman–Crippen LogP) is 3.30. The highest BCUT2D eigenvalue weighted by Crippen LogP contribution is 2.26. The first kappa shape index (κ1) is 10.5. The van der Waals surface area contributed by atoms with Crippen LogP contribution in [0.3, 0.4) is 0 Å². The molecule has 1 aromatic rings. The zero-order chi connectivity index (χ0) is 9.68. The topological polar surface area (TPSA) is 17.1 Å². The van der Waals surface area contributed by atoms with E-state index >= 15 is 0 Å². The van der Waals surface area contributed by atoms with Gasteiger partial charge in [-0.15, -0.1) is 11.8 Å². The third-order valence-electron chi connectivity index (χ3n) is 1.43. The van der Waals surface area contributed by atoms with E-state index < -0.39 is 0 Å². The maximum absolute atomic E-state index is 10.9. The molecule has 0 amide bonds. The Hall–Kier alpha value is -0.540. The molecule has 0 bridgehead atoms. The summed E-state index contributed by atoms with van der Waals surface area (Å²) in [6, 6.07) is 7.83. The summed E-state index contributed by atoms with van der Waals surface area (Å²) >= 11 is 4.92. The minimum absolute atomic E-state index is 0.0563. The van der Waals surface area contributed by atoms with E-state index in [9.17, 15) is 4.79 Å². The standard InChI is InChI=1S/C10H9BrOS/c1-2-8(12)7-13-10-6-4-3-5-9(10)11/h2-6H,1,7H2. The molecule has 0 spiro atoms. The number of thioether (sulfide) groups is 1. The van der Waals surface area contributed by atoms with Crippen LogP contribution in [0.1, 0.15) is 0 Å². The Bertz CT molecular complexity index is 322. The van der Waals surface area contributed by atoms with E-state index in [0.29, 0.717) is 5.75 Å². The van der Waals surface area contributed by atoms with Gasteiger partial charge in [0.05, 0.1) is 5.75 Å². The summed E-state index contributed by atoms with van der Waals surface area (Å²) < 4.78 is 1.02. The van der Waals surface area contributed by atoms with Crippen molar-refractivity contribution in [3.05, 3.63) is 41.4 Å². The van der Waals surface area contributed by atoms with Gasteiger partial charge in [0.15, 0.2) is 5.78 Å². The van der Waals surface area contributed by atoms with Crippen molar-refractivity contribution in [1.29, 1.82) is 0 Å². The van der Waals surface area contributed by atoms with Crippen molar-refractivity contribution in [3.63, 3.8) is 0 Å². The van der Waals surface area contributed by atoms with Gasteiger partial charge in [-0.2, -0.15) is 0 Å². The van der Waals surface area contributed by atoms with E-state index in [1.54, 1.807) is 0 Å². The Balaban J connectivity index is 2.59. The summed E-state index contributed by atoms with van der Waals surface area (Å²) in [4.78, 5) is 12.0. The quantitative estimate of drug-likeness (QED) is 0.608. The molecule has 3 heteroatoms. The highest BCUT2D eigenvalue weighted by atomic mass is 79.9. The maximum Gasteiger partial charge on any atom is 0.165 e. The average molecular weight is 257 g/mol. The molecule has 0 aromatic heterocycles. The molecule has 0 N–H and O–H groups in total. The van der Waals surface area contributed by atoms with Gasteiger partial charge in [0, 0.05) is 9.37 Å². The number of hydrogen-bond acceptors (Lipinski definition) is 2. The van der Waals surface area contributed by atoms with Crippen LogP contribution in [-0.2, 0) is 4.79 Å². The monoisotopic (exact) mass is 256 g/mol. The van der Waals surface area contributed by atoms with Gasteiger partial charge in [-0.3, -0.25) is 4.79 Å². The van der Waals surface area contributed by atoms with E-state index in [-0.39, 0.29) is 5.78 Å². The van der Waals surface area contributed by atoms with Crippen LogP contribution in [0.2, 0.25) is 0 Å². The summed E-state index contributed by atoms with van der Waals surface area (Å²) in [5.74, 6) is 0.507. The van der Waals surface area contributed by atoms with Crippen molar-refractivity contribution in [2.75, 3.05) is 5.75 Å². The largest absolute Gasteiger partial charge is 0.294 e. The van der Waals surface area contributed by atoms with Crippen LogP contribution in [0.5, 0.6) is 0 Å². The molecule has 0 radical (unpaired) electrons. The summed E-state index contributed by atoms with van der Waals surface area (Å²) in [5.41, 5.74) is 0. The van der Waals surface area contributed by atoms with Gasteiger partial charge in [0.1, 0.15) is 0 Å². The van der Waals surface area contributed by atoms with Crippen molar-refractivity contribution in [2.24, 2.45) is 0 Å². The average Bonchev–Trinajstić information content (AvgIpc) is 2.16. The van der Waals surface area contributed by atoms with Gasteiger partial charge in [0.2, 0.25) is 0 Å². The molecule has 13 heavy (non-hydrogen) atoms. The molecule has 68 valence electrons. The van der Waals surface area contributed by atoms with E-state index in [4.69, 9.17) is 0 Å². The summed E-state index contributed by atoms with van der Waals surface area (Å²) in [6.07, 6.45) is 1.35. The predicted molar refractivity (Wildman–Crippen MR) is 60.1 cm³/mol. The van der Waals surface area contributed by atoms with Crippen LogP contribution in [-0.4, -0.2) is 11.5 Å². The van der Waals surface area contributed by atoms with E-state index in [1.165, 1.54) is 17.8 Å². The zero-order valence-electron chi connectivity index (χ0n) is 7.00. The number of rotatable bonds is 4. The highest BCUT2D eigenvalue weighted by molar-refractivity contribution is 9.10. The van der Waals surface area contributed by atoms with Gasteiger partial charge in [0.25, 0.3) is 0 Å². The normalized spacial score (nSPS) is 9.62. The van der Waals surface area contributed by atoms with Gasteiger partial charge in [-0.25, -0.2) is 0 Å². The number of benzene rings is 1. The number of halogens is 1. The third-order valence-corrected chi connectivity index (χ3v) is 3.48. The van der Waals surface area contributed by atoms with Crippen molar-refractivity contribution in [2.45, 2.75) is 4.90 Å². The molecule has 0 unspecified atom stereocenters. The molecule has 0 heterocycles. The lowest BCUT2D eigenvalue weighted by atomic mass is 10.4. The Morgan fingerprint density at radius 1 is 1.54 bits per heavy atom. The second-order valence-corrected chi connectivity index (χ2v) is 4.26. The fraction of sp³-hybridized carbons (Fsp3) is 0.100. The zero-order valence-corrected chi connectivity index (χ0v) is 9.40. The molecule has 0 fully saturated rings. The van der Waals surface area contributed by atoms with Gasteiger partial charge in [-0.05, 0) is 34.1 Å². The van der Waals surface area contributed by atoms with Crippen LogP contribution in [0.15, 0.2) is 46.3 Å². The summed E-state index contributed by atoms with van der Waals surface area (Å²) in [5, 5.41) is 0. The highest BCUT2D eigenvalue weighted by Gasteiger charge is 2.01. The fourth-order valence-corrected chi connectivity index (χ4v) is 2.19. The van der Waals surface area contributed by atoms with E-state index in [1.807, 2.05) is 24.3 Å². The molecule has 0 saturated carbocycles. The molecular formula is C10H9BrOS. The van der Waals surface area contributed by atoms with E-state index in [2.05, 4.69) is 22.5 Å². The number of allylic oxidation sites excluding steroid dienone is 1. The molecule has 0 aliphatic carbocycles. The lowest BCUT2D eigenvalue weighted by Crippen LogP contribution is -1.94. The lowest BCUT2D eigenvalue weighted by molar-refractivity contribution is -0.112. The van der Waals surface area contributed by atoms with Gasteiger partial charge in [-0.1, -0.05) is 18.7 Å². The fourth-order valence-electron chi connectivity index (χ4n) is 0.770. The van der Waals surface area contributed by atoms with Crippen LogP contribution in [0.4, 0.5) is 0 Å². The van der Waals surface area contributed by atoms with Crippen molar-refractivity contribution in [1.82, 2.24) is 0 Å². The maximum atomic E-state index is 10.9. The first-order valence-corrected chi connectivity index (χ1v) is 5.54. The number of carbonyl (C=O) groups is 1. The molecule has 0 atom stereocenters. The Kier molecular flexibility index (Phi) is 4.25. The van der Waals surface area contributed by atoms with Gasteiger partial charge < -0.3 is 0 Å². The van der Waals surface area contributed by atoms with Crippen molar-refractivity contribution in [3.8, 4) is 0 Å². The summed E-state index contributed by atoms with van der Waals surface area (Å²) in [6.45, 7) is 3.42. The SMILES string of the molecule is C=CC(=O)CSc1ccccc1Br. The number of carbonyl (C=O) groups excluding carboxylic acids is 1. The first-order chi connectivity index (χ1) is 6.24. The molecule has 1 aromatic carbocycles. The minimum atomic E-state index is 0.0563. The van der Waals surface area contributed by atoms with Crippen LogP contribution >= 0.6 is 27.7 Å². The second kappa shape index (κ2) is 5.25. The van der Waals surface area contributed by atoms with Crippen LogP contribution in [0, 0.1) is 0 Å². The lowest BCUT2D eigenvalue weighted by Gasteiger charge is -2.00. The third kappa shape index (κ3) is 3.36.